The summed E-state index contributed by atoms with van der Waals surface area (Å²) in [5.41, 5.74) is -0.739. The summed E-state index contributed by atoms with van der Waals surface area (Å²) in [7, 11) is 3.78. The van der Waals surface area contributed by atoms with Crippen LogP contribution in [0.3, 0.4) is 0 Å². The van der Waals surface area contributed by atoms with Crippen molar-refractivity contribution in [2.45, 2.75) is 6.18 Å². The number of nitrogens with one attached hydrogen (secondary N) is 2. The summed E-state index contributed by atoms with van der Waals surface area (Å²) < 4.78 is 39.3. The van der Waals surface area contributed by atoms with Gasteiger partial charge in [0.15, 0.2) is 0 Å². The van der Waals surface area contributed by atoms with Gasteiger partial charge in [0.1, 0.15) is 5.82 Å². The quantitative estimate of drug-likeness (QED) is 0.793. The fourth-order valence-electron chi connectivity index (χ4n) is 2.10. The van der Waals surface area contributed by atoms with E-state index in [1.54, 1.807) is 0 Å². The molecule has 0 aliphatic carbocycles. The minimum absolute atomic E-state index is 0.0134. The third-order valence-electron chi connectivity index (χ3n) is 3.42. The summed E-state index contributed by atoms with van der Waals surface area (Å²) in [4.78, 5) is 17.9. The van der Waals surface area contributed by atoms with Crippen molar-refractivity contribution in [3.05, 3.63) is 52.7 Å². The molecule has 0 radical (unpaired) electrons. The Bertz CT molecular complexity index is 764. The molecule has 1 amide bonds. The monoisotopic (exact) mass is 386 g/mol. The van der Waals surface area contributed by atoms with Crippen molar-refractivity contribution in [2.75, 3.05) is 32.5 Å². The van der Waals surface area contributed by atoms with Gasteiger partial charge >= 0.3 is 6.18 Å². The molecule has 0 unspecified atom stereocenters. The molecule has 1 aromatic heterocycles. The second kappa shape index (κ2) is 8.37. The van der Waals surface area contributed by atoms with E-state index in [0.717, 1.165) is 6.07 Å². The number of hydrogen-bond acceptors (Lipinski definition) is 4. The molecule has 0 saturated heterocycles. The van der Waals surface area contributed by atoms with Gasteiger partial charge in [0.25, 0.3) is 5.91 Å². The van der Waals surface area contributed by atoms with Crippen molar-refractivity contribution < 1.29 is 18.0 Å². The molecule has 0 fully saturated rings. The average Bonchev–Trinajstić information content (AvgIpc) is 2.56. The highest BCUT2D eigenvalue weighted by molar-refractivity contribution is 6.30. The van der Waals surface area contributed by atoms with E-state index in [1.807, 2.05) is 19.0 Å². The number of nitrogens with zero attached hydrogens (tertiary/aromatic N) is 2. The Labute approximate surface area is 154 Å². The second-order valence-electron chi connectivity index (χ2n) is 5.80. The van der Waals surface area contributed by atoms with Crippen molar-refractivity contribution in [1.29, 1.82) is 0 Å². The fourth-order valence-corrected chi connectivity index (χ4v) is 2.27. The second-order valence-corrected chi connectivity index (χ2v) is 6.24. The van der Waals surface area contributed by atoms with Crippen LogP contribution in [-0.4, -0.2) is 43.0 Å². The Hall–Kier alpha value is -2.32. The molecule has 0 aliphatic rings. The van der Waals surface area contributed by atoms with Crippen molar-refractivity contribution in [2.24, 2.45) is 0 Å². The van der Waals surface area contributed by atoms with Crippen LogP contribution in [0.5, 0.6) is 0 Å². The molecule has 5 nitrogen and oxygen atoms in total. The predicted octanol–water partition coefficient (Wildman–Crippen LogP) is 3.79. The summed E-state index contributed by atoms with van der Waals surface area (Å²) in [5.74, 6) is -0.115. The number of likely N-dealkylation sites (N-methyl/N-ethyl adjacent to an activating group) is 1. The Morgan fingerprint density at radius 3 is 2.54 bits per heavy atom. The lowest BCUT2D eigenvalue weighted by atomic mass is 10.1. The summed E-state index contributed by atoms with van der Waals surface area (Å²) in [6.07, 6.45) is -3.25. The smallest absolute Gasteiger partial charge is 0.351 e. The van der Waals surface area contributed by atoms with E-state index in [0.29, 0.717) is 18.7 Å². The molecule has 0 atom stereocenters. The molecule has 2 N–H and O–H groups in total. The maximum absolute atomic E-state index is 13.1. The number of pyridine rings is 1. The number of aromatic nitrogens is 1. The molecule has 140 valence electrons. The minimum atomic E-state index is -4.56. The molecule has 1 aromatic carbocycles. The number of amides is 1. The highest BCUT2D eigenvalue weighted by atomic mass is 35.5. The zero-order chi connectivity index (χ0) is 19.3. The van der Waals surface area contributed by atoms with E-state index in [4.69, 9.17) is 11.6 Å². The van der Waals surface area contributed by atoms with Crippen molar-refractivity contribution >= 4 is 29.0 Å². The number of alkyl halides is 3. The third-order valence-corrected chi connectivity index (χ3v) is 3.66. The van der Waals surface area contributed by atoms with Gasteiger partial charge in [0, 0.05) is 24.3 Å². The highest BCUT2D eigenvalue weighted by Gasteiger charge is 2.33. The van der Waals surface area contributed by atoms with Gasteiger partial charge in [0.2, 0.25) is 0 Å². The SMILES string of the molecule is CN(C)CCNC(=O)c1ccc(Nc2ccc(Cl)cc2C(F)(F)F)nc1. The molecule has 9 heteroatoms. The maximum Gasteiger partial charge on any atom is 0.418 e. The lowest BCUT2D eigenvalue weighted by molar-refractivity contribution is -0.136. The van der Waals surface area contributed by atoms with Crippen LogP contribution in [-0.2, 0) is 6.18 Å². The van der Waals surface area contributed by atoms with Gasteiger partial charge in [-0.25, -0.2) is 4.98 Å². The molecule has 0 bridgehead atoms. The van der Waals surface area contributed by atoms with Gasteiger partial charge in [-0.05, 0) is 44.4 Å². The van der Waals surface area contributed by atoms with E-state index in [9.17, 15) is 18.0 Å². The molecule has 1 heterocycles. The molecular formula is C17H18ClF3N4O. The molecule has 2 rings (SSSR count). The number of rotatable bonds is 6. The first kappa shape index (κ1) is 20.0. The van der Waals surface area contributed by atoms with Gasteiger partial charge in [0.05, 0.1) is 16.8 Å². The minimum Gasteiger partial charge on any atom is -0.351 e. The van der Waals surface area contributed by atoms with Gasteiger partial charge < -0.3 is 15.5 Å². The van der Waals surface area contributed by atoms with E-state index in [1.165, 1.54) is 30.5 Å². The molecule has 0 aliphatic heterocycles. The van der Waals surface area contributed by atoms with Crippen LogP contribution in [0.15, 0.2) is 36.5 Å². The van der Waals surface area contributed by atoms with Crippen LogP contribution in [0.25, 0.3) is 0 Å². The van der Waals surface area contributed by atoms with Crippen molar-refractivity contribution in [1.82, 2.24) is 15.2 Å². The molecule has 2 aromatic rings. The number of anilines is 2. The first-order valence-electron chi connectivity index (χ1n) is 7.69. The van der Waals surface area contributed by atoms with Gasteiger partial charge in [-0.15, -0.1) is 0 Å². The average molecular weight is 387 g/mol. The molecule has 0 spiro atoms. The lowest BCUT2D eigenvalue weighted by Gasteiger charge is -2.14. The van der Waals surface area contributed by atoms with Crippen molar-refractivity contribution in [3.8, 4) is 0 Å². The van der Waals surface area contributed by atoms with Crippen LogP contribution in [0, 0.1) is 0 Å². The summed E-state index contributed by atoms with van der Waals surface area (Å²) in [5, 5.41) is 5.32. The van der Waals surface area contributed by atoms with Crippen LogP contribution in [0.1, 0.15) is 15.9 Å². The Balaban J connectivity index is 2.09. The van der Waals surface area contributed by atoms with Gasteiger partial charge in [-0.2, -0.15) is 13.2 Å². The zero-order valence-electron chi connectivity index (χ0n) is 14.2. The fraction of sp³-hybridized carbons (Fsp3) is 0.294. The van der Waals surface area contributed by atoms with Crippen LogP contribution < -0.4 is 10.6 Å². The molecular weight excluding hydrogens is 369 g/mol. The largest absolute Gasteiger partial charge is 0.418 e. The topological polar surface area (TPSA) is 57.3 Å². The van der Waals surface area contributed by atoms with Crippen LogP contribution >= 0.6 is 11.6 Å². The zero-order valence-corrected chi connectivity index (χ0v) is 14.9. The summed E-state index contributed by atoms with van der Waals surface area (Å²) >= 11 is 5.65. The number of carbonyl (C=O) groups is 1. The van der Waals surface area contributed by atoms with Crippen LogP contribution in [0.4, 0.5) is 24.7 Å². The van der Waals surface area contributed by atoms with E-state index in [2.05, 4.69) is 15.6 Å². The maximum atomic E-state index is 13.1. The number of carbonyl (C=O) groups excluding carboxylic acids is 1. The van der Waals surface area contributed by atoms with Crippen molar-refractivity contribution in [3.63, 3.8) is 0 Å². The first-order valence-corrected chi connectivity index (χ1v) is 8.07. The Morgan fingerprint density at radius 2 is 1.96 bits per heavy atom. The summed E-state index contributed by atoms with van der Waals surface area (Å²) in [6.45, 7) is 1.17. The lowest BCUT2D eigenvalue weighted by Crippen LogP contribution is -2.31. The molecule has 26 heavy (non-hydrogen) atoms. The normalized spacial score (nSPS) is 11.5. The van der Waals surface area contributed by atoms with E-state index >= 15 is 0 Å². The standard InChI is InChI=1S/C17H18ClF3N4O/c1-25(2)8-7-22-16(26)11-3-6-15(23-10-11)24-14-5-4-12(18)9-13(14)17(19,20)21/h3-6,9-10H,7-8H2,1-2H3,(H,22,26)(H,23,24). The Morgan fingerprint density at radius 1 is 1.23 bits per heavy atom. The summed E-state index contributed by atoms with van der Waals surface area (Å²) in [6, 6.07) is 6.36. The van der Waals surface area contributed by atoms with Gasteiger partial charge in [-0.3, -0.25) is 4.79 Å². The first-order chi connectivity index (χ1) is 12.2. The number of hydrogen-bond donors (Lipinski definition) is 2. The molecule has 0 saturated carbocycles. The van der Waals surface area contributed by atoms with E-state index in [-0.39, 0.29) is 22.4 Å². The van der Waals surface area contributed by atoms with Crippen LogP contribution in [0.2, 0.25) is 5.02 Å². The van der Waals surface area contributed by atoms with E-state index < -0.39 is 11.7 Å². The number of benzene rings is 1. The third kappa shape index (κ3) is 5.60. The van der Waals surface area contributed by atoms with Gasteiger partial charge in [-0.1, -0.05) is 11.6 Å². The predicted molar refractivity (Wildman–Crippen MR) is 94.9 cm³/mol. The number of halogens is 4. The highest BCUT2D eigenvalue weighted by Crippen LogP contribution is 2.37. The Kier molecular flexibility index (Phi) is 6.44.